The van der Waals surface area contributed by atoms with Crippen LogP contribution in [0.4, 0.5) is 10.6 Å². The van der Waals surface area contributed by atoms with E-state index in [2.05, 4.69) is 27.2 Å². The second-order valence-electron chi connectivity index (χ2n) is 9.89. The highest BCUT2D eigenvalue weighted by molar-refractivity contribution is 5.92. The fourth-order valence-corrected chi connectivity index (χ4v) is 4.43. The maximum Gasteiger partial charge on any atom is 0.412 e. The number of carbonyl (C=O) groups excluding carboxylic acids is 2. The molecule has 0 radical (unpaired) electrons. The number of aldehydes is 1. The molecule has 1 amide bonds. The lowest BCUT2D eigenvalue weighted by atomic mass is 10.1. The molecule has 38 heavy (non-hydrogen) atoms. The normalized spacial score (nSPS) is 19.1. The Hall–Kier alpha value is -4.34. The number of anilines is 1. The molecule has 0 bridgehead atoms. The zero-order chi connectivity index (χ0) is 27.7. The number of hydrogen-bond donors (Lipinski definition) is 3. The maximum atomic E-state index is 13.0. The SMILES string of the molecule is COc1cc(C#Cc2cn([C@@H]3CN(C(=O)OC(C)(C)C)[C@](C=O)(NN)C3)c3ncnc(N)c23)cc(OC)c1. The van der Waals surface area contributed by atoms with Crippen LogP contribution >= 0.6 is 0 Å². The average molecular weight is 522 g/mol. The van der Waals surface area contributed by atoms with Gasteiger partial charge < -0.3 is 24.5 Å². The number of carbonyl (C=O) groups is 2. The first-order valence-corrected chi connectivity index (χ1v) is 11.8. The minimum atomic E-state index is -1.47. The lowest BCUT2D eigenvalue weighted by molar-refractivity contribution is -0.119. The highest BCUT2D eigenvalue weighted by Crippen LogP contribution is 2.37. The van der Waals surface area contributed by atoms with E-state index >= 15 is 0 Å². The van der Waals surface area contributed by atoms with Crippen molar-refractivity contribution in [3.8, 4) is 23.3 Å². The van der Waals surface area contributed by atoms with Gasteiger partial charge >= 0.3 is 6.09 Å². The number of ether oxygens (including phenoxy) is 3. The Bertz CT molecular complexity index is 1410. The quantitative estimate of drug-likeness (QED) is 0.196. The summed E-state index contributed by atoms with van der Waals surface area (Å²) < 4.78 is 18.0. The molecule has 1 saturated heterocycles. The molecule has 5 N–H and O–H groups in total. The number of nitrogen functional groups attached to an aromatic ring is 1. The van der Waals surface area contributed by atoms with E-state index in [1.807, 2.05) is 4.57 Å². The molecule has 4 rings (SSSR count). The van der Waals surface area contributed by atoms with E-state index in [9.17, 15) is 9.59 Å². The predicted octanol–water partition coefficient (Wildman–Crippen LogP) is 1.97. The van der Waals surface area contributed by atoms with Gasteiger partial charge in [-0.2, -0.15) is 0 Å². The Balaban J connectivity index is 1.77. The summed E-state index contributed by atoms with van der Waals surface area (Å²) in [4.78, 5) is 35.1. The second-order valence-corrected chi connectivity index (χ2v) is 9.89. The number of nitrogens with two attached hydrogens (primary N) is 2. The summed E-state index contributed by atoms with van der Waals surface area (Å²) in [6.45, 7) is 5.38. The predicted molar refractivity (Wildman–Crippen MR) is 140 cm³/mol. The third-order valence-corrected chi connectivity index (χ3v) is 6.21. The number of nitrogens with one attached hydrogen (secondary N) is 1. The molecule has 3 aromatic rings. The van der Waals surface area contributed by atoms with E-state index in [1.54, 1.807) is 59.4 Å². The van der Waals surface area contributed by atoms with Gasteiger partial charge in [-0.05, 0) is 32.9 Å². The molecular formula is C26H31N7O5. The second kappa shape index (κ2) is 10.2. The third kappa shape index (κ3) is 5.06. The van der Waals surface area contributed by atoms with E-state index in [0.717, 1.165) is 0 Å². The van der Waals surface area contributed by atoms with Gasteiger partial charge in [0.1, 0.15) is 34.9 Å². The molecular weight excluding hydrogens is 490 g/mol. The standard InChI is InChI=1S/C26H31N7O5/c1-25(2,3)38-24(35)33-13-18(11-26(33,14-34)31-28)32-12-17(21-22(27)29-15-30-23(21)32)7-6-16-8-19(36-4)10-20(9-16)37-5/h8-10,12,14-15,18,31H,11,13,28H2,1-5H3,(H2,27,29,30)/t18-,26+/m0/s1. The number of fused-ring (bicyclic) bond motifs is 1. The molecule has 0 aliphatic carbocycles. The first-order valence-electron chi connectivity index (χ1n) is 11.8. The van der Waals surface area contributed by atoms with Crippen LogP contribution in [0.25, 0.3) is 11.0 Å². The summed E-state index contributed by atoms with van der Waals surface area (Å²) in [7, 11) is 3.13. The van der Waals surface area contributed by atoms with Crippen molar-refractivity contribution in [2.75, 3.05) is 26.5 Å². The van der Waals surface area contributed by atoms with Gasteiger partial charge in [0.15, 0.2) is 11.9 Å². The van der Waals surface area contributed by atoms with Crippen LogP contribution < -0.4 is 26.5 Å². The van der Waals surface area contributed by atoms with Crippen molar-refractivity contribution in [1.82, 2.24) is 24.9 Å². The topological polar surface area (TPSA) is 160 Å². The molecule has 0 saturated carbocycles. The van der Waals surface area contributed by atoms with Gasteiger partial charge in [0.25, 0.3) is 0 Å². The van der Waals surface area contributed by atoms with Crippen molar-refractivity contribution in [1.29, 1.82) is 0 Å². The number of aromatic nitrogens is 3. The number of amides is 1. The number of benzene rings is 1. The molecule has 3 heterocycles. The Morgan fingerprint density at radius 3 is 2.45 bits per heavy atom. The van der Waals surface area contributed by atoms with Gasteiger partial charge in [0.05, 0.1) is 31.2 Å². The monoisotopic (exact) mass is 521 g/mol. The Kier molecular flexibility index (Phi) is 7.17. The number of likely N-dealkylation sites (tertiary alicyclic amines) is 1. The minimum Gasteiger partial charge on any atom is -0.497 e. The van der Waals surface area contributed by atoms with E-state index in [1.165, 1.54) is 11.2 Å². The molecule has 2 aromatic heterocycles. The summed E-state index contributed by atoms with van der Waals surface area (Å²) in [6, 6.07) is 4.93. The van der Waals surface area contributed by atoms with Gasteiger partial charge in [-0.1, -0.05) is 11.8 Å². The number of nitrogens with zero attached hydrogens (tertiary/aromatic N) is 4. The van der Waals surface area contributed by atoms with Crippen molar-refractivity contribution in [3.05, 3.63) is 41.9 Å². The lowest BCUT2D eigenvalue weighted by Gasteiger charge is -2.33. The van der Waals surface area contributed by atoms with Crippen LogP contribution in [0.3, 0.4) is 0 Å². The maximum absolute atomic E-state index is 13.0. The molecule has 1 fully saturated rings. The Morgan fingerprint density at radius 1 is 1.18 bits per heavy atom. The van der Waals surface area contributed by atoms with Gasteiger partial charge in [-0.15, -0.1) is 0 Å². The molecule has 12 nitrogen and oxygen atoms in total. The highest BCUT2D eigenvalue weighted by Gasteiger charge is 2.50. The van der Waals surface area contributed by atoms with E-state index in [-0.39, 0.29) is 18.8 Å². The highest BCUT2D eigenvalue weighted by atomic mass is 16.6. The van der Waals surface area contributed by atoms with Crippen LogP contribution in [0.1, 0.15) is 44.4 Å². The van der Waals surface area contributed by atoms with Crippen molar-refractivity contribution >= 4 is 29.2 Å². The van der Waals surface area contributed by atoms with Gasteiger partial charge in [-0.25, -0.2) is 20.2 Å². The zero-order valence-electron chi connectivity index (χ0n) is 21.9. The van der Waals surface area contributed by atoms with Crippen molar-refractivity contribution in [3.63, 3.8) is 0 Å². The average Bonchev–Trinajstić information content (AvgIpc) is 3.46. The summed E-state index contributed by atoms with van der Waals surface area (Å²) >= 11 is 0. The van der Waals surface area contributed by atoms with Gasteiger partial charge in [-0.3, -0.25) is 15.5 Å². The third-order valence-electron chi connectivity index (χ3n) is 6.21. The first-order chi connectivity index (χ1) is 18.0. The molecule has 200 valence electrons. The van der Waals surface area contributed by atoms with Crippen LogP contribution in [0.5, 0.6) is 11.5 Å². The number of hydrazine groups is 1. The molecule has 2 atom stereocenters. The molecule has 0 unspecified atom stereocenters. The molecule has 1 aliphatic heterocycles. The minimum absolute atomic E-state index is 0.130. The fourth-order valence-electron chi connectivity index (χ4n) is 4.43. The van der Waals surface area contributed by atoms with Crippen LogP contribution in [0.2, 0.25) is 0 Å². The lowest BCUT2D eigenvalue weighted by Crippen LogP contribution is -2.61. The first kappa shape index (κ1) is 26.7. The number of methoxy groups -OCH3 is 2. The Morgan fingerprint density at radius 2 is 1.87 bits per heavy atom. The van der Waals surface area contributed by atoms with Crippen molar-refractivity contribution < 1.29 is 23.8 Å². The fraction of sp³-hybridized carbons (Fsp3) is 0.385. The molecule has 1 aliphatic rings. The van der Waals surface area contributed by atoms with Crippen LogP contribution in [0, 0.1) is 11.8 Å². The number of hydrogen-bond acceptors (Lipinski definition) is 10. The largest absolute Gasteiger partial charge is 0.497 e. The molecule has 12 heteroatoms. The molecule has 0 spiro atoms. The van der Waals surface area contributed by atoms with E-state index < -0.39 is 23.4 Å². The molecule has 1 aromatic carbocycles. The summed E-state index contributed by atoms with van der Waals surface area (Å²) in [5.74, 6) is 13.5. The summed E-state index contributed by atoms with van der Waals surface area (Å²) in [5.41, 5.74) is 8.28. The summed E-state index contributed by atoms with van der Waals surface area (Å²) in [5, 5.41) is 0.558. The van der Waals surface area contributed by atoms with Crippen LogP contribution in [-0.4, -0.2) is 63.8 Å². The van der Waals surface area contributed by atoms with Gasteiger partial charge in [0.2, 0.25) is 0 Å². The Labute approximate surface area is 220 Å². The van der Waals surface area contributed by atoms with Crippen LogP contribution in [0.15, 0.2) is 30.7 Å². The van der Waals surface area contributed by atoms with Crippen molar-refractivity contribution in [2.24, 2.45) is 5.84 Å². The van der Waals surface area contributed by atoms with Crippen molar-refractivity contribution in [2.45, 2.75) is 44.5 Å². The smallest absolute Gasteiger partial charge is 0.412 e. The summed E-state index contributed by atoms with van der Waals surface area (Å²) in [6.07, 6.45) is 3.26. The number of rotatable bonds is 5. The van der Waals surface area contributed by atoms with Crippen LogP contribution in [-0.2, 0) is 9.53 Å². The van der Waals surface area contributed by atoms with E-state index in [4.69, 9.17) is 25.8 Å². The van der Waals surface area contributed by atoms with E-state index in [0.29, 0.717) is 39.9 Å². The van der Waals surface area contributed by atoms with Gasteiger partial charge in [0, 0.05) is 30.8 Å². The zero-order valence-corrected chi connectivity index (χ0v) is 21.9.